The predicted molar refractivity (Wildman–Crippen MR) is 132 cm³/mol. The van der Waals surface area contributed by atoms with Crippen molar-refractivity contribution in [3.8, 4) is 0 Å². The van der Waals surface area contributed by atoms with Crippen LogP contribution in [-0.2, 0) is 16.1 Å². The number of nitrogens with zero attached hydrogens (tertiary/aromatic N) is 3. The van der Waals surface area contributed by atoms with Crippen LogP contribution in [0.25, 0.3) is 10.9 Å². The highest BCUT2D eigenvalue weighted by Gasteiger charge is 2.17. The van der Waals surface area contributed by atoms with E-state index >= 15 is 0 Å². The maximum Gasteiger partial charge on any atom is 0.262 e. The SMILES string of the molecule is CCN(C(=O)CSc1nc2cc(Cl)ccc2c(=O)n1CCCOC(C)C)c1ccccc1. The van der Waals surface area contributed by atoms with Gasteiger partial charge in [-0.05, 0) is 57.5 Å². The first kappa shape index (κ1) is 24.3. The number of para-hydroxylation sites is 1. The highest BCUT2D eigenvalue weighted by atomic mass is 35.5. The molecule has 0 aliphatic carbocycles. The standard InChI is InChI=1S/C24H28ClN3O3S/c1-4-27(19-9-6-5-7-10-19)22(29)16-32-24-26-21-15-18(25)11-12-20(21)23(30)28(24)13-8-14-31-17(2)3/h5-7,9-12,15,17H,4,8,13-14,16H2,1-3H3. The Kier molecular flexibility index (Phi) is 8.73. The summed E-state index contributed by atoms with van der Waals surface area (Å²) in [5, 5.41) is 1.53. The van der Waals surface area contributed by atoms with Crippen LogP contribution < -0.4 is 10.5 Å². The van der Waals surface area contributed by atoms with Gasteiger partial charge in [0, 0.05) is 30.4 Å². The largest absolute Gasteiger partial charge is 0.379 e. The summed E-state index contributed by atoms with van der Waals surface area (Å²) >= 11 is 7.39. The number of anilines is 1. The van der Waals surface area contributed by atoms with Gasteiger partial charge in [0.15, 0.2) is 5.16 Å². The fourth-order valence-electron chi connectivity index (χ4n) is 3.34. The average molecular weight is 474 g/mol. The van der Waals surface area contributed by atoms with Crippen molar-refractivity contribution in [2.24, 2.45) is 0 Å². The Morgan fingerprint density at radius 1 is 1.22 bits per heavy atom. The zero-order chi connectivity index (χ0) is 23.1. The first-order valence-corrected chi connectivity index (χ1v) is 12.1. The number of halogens is 1. The van der Waals surface area contributed by atoms with Crippen molar-refractivity contribution in [1.29, 1.82) is 0 Å². The van der Waals surface area contributed by atoms with Crippen LogP contribution in [0.3, 0.4) is 0 Å². The third-order valence-corrected chi connectivity index (χ3v) is 6.07. The van der Waals surface area contributed by atoms with Crippen LogP contribution in [-0.4, -0.2) is 40.5 Å². The molecule has 3 aromatic rings. The van der Waals surface area contributed by atoms with Crippen molar-refractivity contribution in [3.63, 3.8) is 0 Å². The van der Waals surface area contributed by atoms with E-state index in [1.54, 1.807) is 27.7 Å². The van der Waals surface area contributed by atoms with E-state index in [0.717, 1.165) is 5.69 Å². The van der Waals surface area contributed by atoms with Crippen LogP contribution in [0.5, 0.6) is 0 Å². The molecule has 0 atom stereocenters. The van der Waals surface area contributed by atoms with E-state index in [1.807, 2.05) is 51.1 Å². The molecule has 0 saturated carbocycles. The zero-order valence-electron chi connectivity index (χ0n) is 18.6. The molecule has 1 heterocycles. The molecule has 2 aromatic carbocycles. The number of benzene rings is 2. The van der Waals surface area contributed by atoms with Crippen LogP contribution in [0.4, 0.5) is 5.69 Å². The number of fused-ring (bicyclic) bond motifs is 1. The van der Waals surface area contributed by atoms with Crippen molar-refractivity contribution >= 4 is 45.9 Å². The van der Waals surface area contributed by atoms with Gasteiger partial charge in [-0.2, -0.15) is 0 Å². The molecule has 170 valence electrons. The molecule has 0 saturated heterocycles. The molecular formula is C24H28ClN3O3S. The Morgan fingerprint density at radius 2 is 1.97 bits per heavy atom. The van der Waals surface area contributed by atoms with Crippen molar-refractivity contribution in [3.05, 3.63) is 63.9 Å². The molecule has 3 rings (SSSR count). The zero-order valence-corrected chi connectivity index (χ0v) is 20.2. The second kappa shape index (κ2) is 11.5. The van der Waals surface area contributed by atoms with Gasteiger partial charge in [0.2, 0.25) is 5.91 Å². The molecule has 32 heavy (non-hydrogen) atoms. The topological polar surface area (TPSA) is 64.4 Å². The number of ether oxygens (including phenoxy) is 1. The second-order valence-electron chi connectivity index (χ2n) is 7.55. The van der Waals surface area contributed by atoms with Crippen molar-refractivity contribution < 1.29 is 9.53 Å². The molecule has 0 unspecified atom stereocenters. The van der Waals surface area contributed by atoms with Gasteiger partial charge in [0.05, 0.1) is 22.8 Å². The van der Waals surface area contributed by atoms with Crippen LogP contribution in [0.15, 0.2) is 58.5 Å². The summed E-state index contributed by atoms with van der Waals surface area (Å²) in [6.45, 7) is 7.46. The first-order valence-electron chi connectivity index (χ1n) is 10.7. The second-order valence-corrected chi connectivity index (χ2v) is 8.93. The van der Waals surface area contributed by atoms with E-state index in [4.69, 9.17) is 16.3 Å². The van der Waals surface area contributed by atoms with Gasteiger partial charge in [-0.15, -0.1) is 0 Å². The third-order valence-electron chi connectivity index (χ3n) is 4.87. The number of amides is 1. The van der Waals surface area contributed by atoms with Gasteiger partial charge >= 0.3 is 0 Å². The van der Waals surface area contributed by atoms with E-state index in [2.05, 4.69) is 4.98 Å². The van der Waals surface area contributed by atoms with Crippen molar-refractivity contribution in [2.45, 2.75) is 45.0 Å². The monoisotopic (exact) mass is 473 g/mol. The van der Waals surface area contributed by atoms with Gasteiger partial charge in [0.25, 0.3) is 5.56 Å². The minimum absolute atomic E-state index is 0.0427. The third kappa shape index (κ3) is 6.12. The average Bonchev–Trinajstić information content (AvgIpc) is 2.77. The van der Waals surface area contributed by atoms with Crippen LogP contribution >= 0.6 is 23.4 Å². The van der Waals surface area contributed by atoms with Crippen molar-refractivity contribution in [2.75, 3.05) is 23.8 Å². The van der Waals surface area contributed by atoms with E-state index < -0.39 is 0 Å². The molecule has 1 amide bonds. The number of carbonyl (C=O) groups is 1. The number of hydrogen-bond acceptors (Lipinski definition) is 5. The van der Waals surface area contributed by atoms with Gasteiger partial charge in [-0.1, -0.05) is 41.6 Å². The Labute approximate surface area is 197 Å². The number of thioether (sulfide) groups is 1. The van der Waals surface area contributed by atoms with E-state index in [9.17, 15) is 9.59 Å². The van der Waals surface area contributed by atoms with Gasteiger partial charge in [-0.3, -0.25) is 14.2 Å². The minimum atomic E-state index is -0.137. The molecule has 1 aromatic heterocycles. The summed E-state index contributed by atoms with van der Waals surface area (Å²) in [4.78, 5) is 32.5. The molecule has 0 fully saturated rings. The number of aromatic nitrogens is 2. The molecule has 6 nitrogen and oxygen atoms in total. The lowest BCUT2D eigenvalue weighted by Crippen LogP contribution is -2.32. The summed E-state index contributed by atoms with van der Waals surface area (Å²) in [5.41, 5.74) is 1.24. The molecule has 0 aliphatic rings. The van der Waals surface area contributed by atoms with Crippen LogP contribution in [0.1, 0.15) is 27.2 Å². The molecule has 0 spiro atoms. The van der Waals surface area contributed by atoms with E-state index in [0.29, 0.717) is 47.2 Å². The first-order chi connectivity index (χ1) is 15.4. The summed E-state index contributed by atoms with van der Waals surface area (Å²) in [7, 11) is 0. The van der Waals surface area contributed by atoms with Crippen LogP contribution in [0.2, 0.25) is 5.02 Å². The minimum Gasteiger partial charge on any atom is -0.379 e. The van der Waals surface area contributed by atoms with Gasteiger partial charge in [-0.25, -0.2) is 4.98 Å². The highest BCUT2D eigenvalue weighted by Crippen LogP contribution is 2.22. The molecule has 0 radical (unpaired) electrons. The van der Waals surface area contributed by atoms with Crippen LogP contribution in [0, 0.1) is 0 Å². The number of rotatable bonds is 10. The molecule has 0 bridgehead atoms. The lowest BCUT2D eigenvalue weighted by Gasteiger charge is -2.21. The van der Waals surface area contributed by atoms with Gasteiger partial charge in [0.1, 0.15) is 0 Å². The van der Waals surface area contributed by atoms with Gasteiger partial charge < -0.3 is 9.64 Å². The predicted octanol–water partition coefficient (Wildman–Crippen LogP) is 5.01. The number of hydrogen-bond donors (Lipinski definition) is 0. The summed E-state index contributed by atoms with van der Waals surface area (Å²) in [6, 6.07) is 14.6. The Bertz CT molecular complexity index is 1120. The maximum absolute atomic E-state index is 13.2. The van der Waals surface area contributed by atoms with E-state index in [1.165, 1.54) is 11.8 Å². The molecular weight excluding hydrogens is 446 g/mol. The molecule has 8 heteroatoms. The quantitative estimate of drug-likeness (QED) is 0.235. The summed E-state index contributed by atoms with van der Waals surface area (Å²) < 4.78 is 7.25. The maximum atomic E-state index is 13.2. The van der Waals surface area contributed by atoms with Crippen molar-refractivity contribution in [1.82, 2.24) is 9.55 Å². The Morgan fingerprint density at radius 3 is 2.66 bits per heavy atom. The number of carbonyl (C=O) groups excluding carboxylic acids is 1. The van der Waals surface area contributed by atoms with E-state index in [-0.39, 0.29) is 23.3 Å². The Hall–Kier alpha value is -2.35. The lowest BCUT2D eigenvalue weighted by atomic mass is 10.2. The summed E-state index contributed by atoms with van der Waals surface area (Å²) in [6.07, 6.45) is 0.805. The highest BCUT2D eigenvalue weighted by molar-refractivity contribution is 7.99. The fourth-order valence-corrected chi connectivity index (χ4v) is 4.41. The smallest absolute Gasteiger partial charge is 0.262 e. The Balaban J connectivity index is 1.85. The fraction of sp³-hybridized carbons (Fsp3) is 0.375. The molecule has 0 N–H and O–H groups in total. The summed E-state index contributed by atoms with van der Waals surface area (Å²) in [5.74, 6) is 0.128. The lowest BCUT2D eigenvalue weighted by molar-refractivity contribution is -0.116. The molecule has 0 aliphatic heterocycles. The normalized spacial score (nSPS) is 11.3.